The number of nitrogens with one attached hydrogen (secondary N) is 1. The van der Waals surface area contributed by atoms with Gasteiger partial charge in [0.05, 0.1) is 18.1 Å². The maximum Gasteiger partial charge on any atom is 0.153 e. The summed E-state index contributed by atoms with van der Waals surface area (Å²) in [6.45, 7) is 4.12. The Kier molecular flexibility index (Phi) is 4.65. The molecular weight excluding hydrogens is 264 g/mol. The molecule has 2 heterocycles. The van der Waals surface area contributed by atoms with Gasteiger partial charge in [-0.1, -0.05) is 0 Å². The molecule has 1 atom stereocenters. The Balaban J connectivity index is 1.75. The zero-order valence-electron chi connectivity index (χ0n) is 11.6. The number of hydrogen-bond acceptors (Lipinski definition) is 5. The molecule has 0 amide bonds. The van der Waals surface area contributed by atoms with Gasteiger partial charge < -0.3 is 9.73 Å². The van der Waals surface area contributed by atoms with Gasteiger partial charge in [0.15, 0.2) is 9.84 Å². The molecule has 6 heteroatoms. The first-order valence-corrected chi connectivity index (χ1v) is 8.44. The standard InChI is InChI=1S/C13H22N2O3S/c1-11-3-4-13(18-11)9-15(2)7-5-12-10-19(16,17)8-6-14-12/h3-4,12,14H,5-10H2,1-2H3. The Morgan fingerprint density at radius 1 is 1.47 bits per heavy atom. The summed E-state index contributed by atoms with van der Waals surface area (Å²) in [5, 5.41) is 3.27. The quantitative estimate of drug-likeness (QED) is 0.867. The molecule has 1 saturated heterocycles. The number of rotatable bonds is 5. The van der Waals surface area contributed by atoms with Crippen LogP contribution in [0.25, 0.3) is 0 Å². The van der Waals surface area contributed by atoms with Crippen LogP contribution in [0.3, 0.4) is 0 Å². The van der Waals surface area contributed by atoms with E-state index in [0.717, 1.165) is 31.0 Å². The molecule has 1 fully saturated rings. The van der Waals surface area contributed by atoms with Crippen molar-refractivity contribution in [1.29, 1.82) is 0 Å². The lowest BCUT2D eigenvalue weighted by molar-refractivity contribution is 0.276. The van der Waals surface area contributed by atoms with Gasteiger partial charge >= 0.3 is 0 Å². The van der Waals surface area contributed by atoms with Gasteiger partial charge in [0.1, 0.15) is 11.5 Å². The van der Waals surface area contributed by atoms with Crippen LogP contribution in [0.1, 0.15) is 17.9 Å². The van der Waals surface area contributed by atoms with Crippen LogP contribution in [0.5, 0.6) is 0 Å². The zero-order chi connectivity index (χ0) is 13.9. The number of aryl methyl sites for hydroxylation is 1. The van der Waals surface area contributed by atoms with Gasteiger partial charge in [-0.2, -0.15) is 0 Å². The summed E-state index contributed by atoms with van der Waals surface area (Å²) in [6.07, 6.45) is 0.843. The summed E-state index contributed by atoms with van der Waals surface area (Å²) in [4.78, 5) is 2.15. The van der Waals surface area contributed by atoms with E-state index in [9.17, 15) is 8.42 Å². The van der Waals surface area contributed by atoms with Crippen molar-refractivity contribution in [3.8, 4) is 0 Å². The molecular formula is C13H22N2O3S. The van der Waals surface area contributed by atoms with Gasteiger partial charge in [-0.3, -0.25) is 4.90 Å². The van der Waals surface area contributed by atoms with E-state index in [2.05, 4.69) is 10.2 Å². The summed E-state index contributed by atoms with van der Waals surface area (Å²) in [7, 11) is -0.812. The molecule has 0 aromatic carbocycles. The van der Waals surface area contributed by atoms with Crippen LogP contribution in [0.15, 0.2) is 16.5 Å². The van der Waals surface area contributed by atoms with Crippen LogP contribution in [0, 0.1) is 6.92 Å². The Hall–Kier alpha value is -0.850. The molecule has 1 N–H and O–H groups in total. The molecule has 1 aromatic rings. The minimum absolute atomic E-state index is 0.0829. The van der Waals surface area contributed by atoms with Crippen molar-refractivity contribution in [2.45, 2.75) is 25.9 Å². The largest absolute Gasteiger partial charge is 0.465 e. The molecule has 0 aliphatic carbocycles. The fraction of sp³-hybridized carbons (Fsp3) is 0.692. The number of nitrogens with zero attached hydrogens (tertiary/aromatic N) is 1. The molecule has 19 heavy (non-hydrogen) atoms. The third-order valence-corrected chi connectivity index (χ3v) is 5.12. The molecule has 108 valence electrons. The van der Waals surface area contributed by atoms with Gasteiger partial charge in [0, 0.05) is 12.6 Å². The Labute approximate surface area is 114 Å². The highest BCUT2D eigenvalue weighted by Crippen LogP contribution is 2.10. The van der Waals surface area contributed by atoms with Crippen LogP contribution < -0.4 is 5.32 Å². The van der Waals surface area contributed by atoms with Crippen molar-refractivity contribution in [3.63, 3.8) is 0 Å². The first-order chi connectivity index (χ1) is 8.94. The first kappa shape index (κ1) is 14.6. The van der Waals surface area contributed by atoms with E-state index in [0.29, 0.717) is 6.54 Å². The maximum absolute atomic E-state index is 11.5. The SMILES string of the molecule is Cc1ccc(CN(C)CCC2CS(=O)(=O)CCN2)o1. The first-order valence-electron chi connectivity index (χ1n) is 6.62. The van der Waals surface area contributed by atoms with Gasteiger partial charge in [0.2, 0.25) is 0 Å². The summed E-state index contributed by atoms with van der Waals surface area (Å²) in [5.74, 6) is 2.40. The van der Waals surface area contributed by atoms with E-state index >= 15 is 0 Å². The fourth-order valence-corrected chi connectivity index (χ4v) is 3.84. The molecule has 1 aliphatic rings. The van der Waals surface area contributed by atoms with Crippen molar-refractivity contribution in [2.75, 3.05) is 31.6 Å². The summed E-state index contributed by atoms with van der Waals surface area (Å²) < 4.78 is 28.6. The molecule has 2 rings (SSSR count). The predicted octanol–water partition coefficient (Wildman–Crippen LogP) is 0.797. The van der Waals surface area contributed by atoms with Crippen molar-refractivity contribution in [1.82, 2.24) is 10.2 Å². The molecule has 5 nitrogen and oxygen atoms in total. The van der Waals surface area contributed by atoms with Crippen molar-refractivity contribution in [3.05, 3.63) is 23.7 Å². The maximum atomic E-state index is 11.5. The lowest BCUT2D eigenvalue weighted by Crippen LogP contribution is -2.46. The molecule has 0 spiro atoms. The van der Waals surface area contributed by atoms with Crippen LogP contribution >= 0.6 is 0 Å². The number of furan rings is 1. The van der Waals surface area contributed by atoms with E-state index in [1.54, 1.807) is 0 Å². The zero-order valence-corrected chi connectivity index (χ0v) is 12.4. The molecule has 0 radical (unpaired) electrons. The van der Waals surface area contributed by atoms with Crippen LogP contribution in [0.2, 0.25) is 0 Å². The van der Waals surface area contributed by atoms with E-state index in [1.807, 2.05) is 26.1 Å². The van der Waals surface area contributed by atoms with E-state index in [4.69, 9.17) is 4.42 Å². The molecule has 0 saturated carbocycles. The smallest absolute Gasteiger partial charge is 0.153 e. The minimum Gasteiger partial charge on any atom is -0.465 e. The predicted molar refractivity (Wildman–Crippen MR) is 74.8 cm³/mol. The second-order valence-corrected chi connectivity index (χ2v) is 7.53. The summed E-state index contributed by atoms with van der Waals surface area (Å²) in [6, 6.07) is 4.02. The third kappa shape index (κ3) is 4.63. The molecule has 0 bridgehead atoms. The molecule has 1 aliphatic heterocycles. The highest BCUT2D eigenvalue weighted by Gasteiger charge is 2.24. The highest BCUT2D eigenvalue weighted by molar-refractivity contribution is 7.91. The van der Waals surface area contributed by atoms with E-state index < -0.39 is 9.84 Å². The molecule has 1 unspecified atom stereocenters. The average molecular weight is 286 g/mol. The van der Waals surface area contributed by atoms with Crippen molar-refractivity contribution < 1.29 is 12.8 Å². The summed E-state index contributed by atoms with van der Waals surface area (Å²) in [5.41, 5.74) is 0. The summed E-state index contributed by atoms with van der Waals surface area (Å²) >= 11 is 0. The topological polar surface area (TPSA) is 62.6 Å². The lowest BCUT2D eigenvalue weighted by Gasteiger charge is -2.25. The second-order valence-electron chi connectivity index (χ2n) is 5.30. The van der Waals surface area contributed by atoms with E-state index in [-0.39, 0.29) is 17.5 Å². The van der Waals surface area contributed by atoms with E-state index in [1.165, 1.54) is 0 Å². The lowest BCUT2D eigenvalue weighted by atomic mass is 10.2. The van der Waals surface area contributed by atoms with Gasteiger partial charge in [-0.25, -0.2) is 8.42 Å². The Morgan fingerprint density at radius 3 is 2.89 bits per heavy atom. The van der Waals surface area contributed by atoms with Crippen molar-refractivity contribution in [2.24, 2.45) is 0 Å². The minimum atomic E-state index is -2.83. The van der Waals surface area contributed by atoms with Crippen LogP contribution in [-0.4, -0.2) is 51.0 Å². The second kappa shape index (κ2) is 6.07. The van der Waals surface area contributed by atoms with Crippen LogP contribution in [-0.2, 0) is 16.4 Å². The van der Waals surface area contributed by atoms with Crippen molar-refractivity contribution >= 4 is 9.84 Å². The fourth-order valence-electron chi connectivity index (χ4n) is 2.34. The Morgan fingerprint density at radius 2 is 2.26 bits per heavy atom. The normalized spacial score (nSPS) is 22.8. The number of hydrogen-bond donors (Lipinski definition) is 1. The number of sulfone groups is 1. The average Bonchev–Trinajstić information content (AvgIpc) is 2.71. The van der Waals surface area contributed by atoms with Gasteiger partial charge in [0.25, 0.3) is 0 Å². The van der Waals surface area contributed by atoms with Gasteiger partial charge in [-0.15, -0.1) is 0 Å². The monoisotopic (exact) mass is 286 g/mol. The van der Waals surface area contributed by atoms with Gasteiger partial charge in [-0.05, 0) is 39.1 Å². The highest BCUT2D eigenvalue weighted by atomic mass is 32.2. The third-order valence-electron chi connectivity index (χ3n) is 3.38. The Bertz CT molecular complexity index is 510. The molecule has 1 aromatic heterocycles. The van der Waals surface area contributed by atoms with Crippen LogP contribution in [0.4, 0.5) is 0 Å².